The molecule has 0 radical (unpaired) electrons. The van der Waals surface area contributed by atoms with Crippen LogP contribution in [0, 0.1) is 0 Å². The maximum Gasteiger partial charge on any atom is 0.336 e. The maximum absolute atomic E-state index is 11.2. The van der Waals surface area contributed by atoms with Crippen molar-refractivity contribution >= 4 is 22.5 Å². The SMILES string of the molecule is COCCc1nsc(Oc2ccc3ccc(=O)oc3c2)n1. The highest BCUT2D eigenvalue weighted by Gasteiger charge is 2.07. The van der Waals surface area contributed by atoms with Crippen LogP contribution in [0.5, 0.6) is 10.9 Å². The van der Waals surface area contributed by atoms with Crippen LogP contribution in [0.1, 0.15) is 5.82 Å². The lowest BCUT2D eigenvalue weighted by atomic mass is 10.2. The summed E-state index contributed by atoms with van der Waals surface area (Å²) in [6, 6.07) is 8.36. The summed E-state index contributed by atoms with van der Waals surface area (Å²) in [4.78, 5) is 15.5. The predicted molar refractivity (Wildman–Crippen MR) is 78.0 cm³/mol. The zero-order valence-electron chi connectivity index (χ0n) is 11.2. The summed E-state index contributed by atoms with van der Waals surface area (Å²) < 4.78 is 19.9. The van der Waals surface area contributed by atoms with Crippen molar-refractivity contribution < 1.29 is 13.9 Å². The number of methoxy groups -OCH3 is 1. The first-order valence-corrected chi connectivity index (χ1v) is 7.05. The van der Waals surface area contributed by atoms with Crippen LogP contribution in [0.15, 0.2) is 39.5 Å². The Morgan fingerprint density at radius 2 is 2.14 bits per heavy atom. The fraction of sp³-hybridized carbons (Fsp3) is 0.214. The summed E-state index contributed by atoms with van der Waals surface area (Å²) in [5.74, 6) is 1.23. The number of ether oxygens (including phenoxy) is 2. The van der Waals surface area contributed by atoms with Crippen molar-refractivity contribution in [1.82, 2.24) is 9.36 Å². The van der Waals surface area contributed by atoms with E-state index in [0.29, 0.717) is 35.4 Å². The minimum Gasteiger partial charge on any atom is -0.430 e. The molecule has 21 heavy (non-hydrogen) atoms. The molecule has 2 heterocycles. The van der Waals surface area contributed by atoms with Gasteiger partial charge in [0.25, 0.3) is 5.19 Å². The number of hydrogen-bond donors (Lipinski definition) is 0. The van der Waals surface area contributed by atoms with Crippen LogP contribution < -0.4 is 10.4 Å². The summed E-state index contributed by atoms with van der Waals surface area (Å²) in [6.07, 6.45) is 0.642. The molecule has 0 saturated heterocycles. The molecule has 0 amide bonds. The molecule has 7 heteroatoms. The molecule has 0 aliphatic heterocycles. The molecule has 0 unspecified atom stereocenters. The molecule has 6 nitrogen and oxygen atoms in total. The average Bonchev–Trinajstić information content (AvgIpc) is 2.92. The van der Waals surface area contributed by atoms with Crippen LogP contribution in [0.25, 0.3) is 11.0 Å². The molecular weight excluding hydrogens is 292 g/mol. The Hall–Kier alpha value is -2.25. The number of nitrogens with zero attached hydrogens (tertiary/aromatic N) is 2. The normalized spacial score (nSPS) is 10.9. The first-order valence-electron chi connectivity index (χ1n) is 6.28. The number of benzene rings is 1. The topological polar surface area (TPSA) is 74.5 Å². The lowest BCUT2D eigenvalue weighted by Gasteiger charge is -2.02. The number of rotatable bonds is 5. The molecular formula is C14H12N2O4S. The third-order valence-electron chi connectivity index (χ3n) is 2.78. The van der Waals surface area contributed by atoms with Gasteiger partial charge in [-0.2, -0.15) is 9.36 Å². The zero-order valence-corrected chi connectivity index (χ0v) is 12.1. The van der Waals surface area contributed by atoms with Gasteiger partial charge in [-0.05, 0) is 18.2 Å². The van der Waals surface area contributed by atoms with Crippen molar-refractivity contribution in [1.29, 1.82) is 0 Å². The Kier molecular flexibility index (Phi) is 3.94. The van der Waals surface area contributed by atoms with Crippen LogP contribution in [0.2, 0.25) is 0 Å². The van der Waals surface area contributed by atoms with Gasteiger partial charge >= 0.3 is 5.63 Å². The maximum atomic E-state index is 11.2. The summed E-state index contributed by atoms with van der Waals surface area (Å²) >= 11 is 1.17. The summed E-state index contributed by atoms with van der Waals surface area (Å²) in [6.45, 7) is 0.567. The van der Waals surface area contributed by atoms with E-state index < -0.39 is 5.63 Å². The molecule has 108 valence electrons. The van der Waals surface area contributed by atoms with Crippen LogP contribution in [-0.4, -0.2) is 23.1 Å². The zero-order chi connectivity index (χ0) is 14.7. The molecule has 0 atom stereocenters. The summed E-state index contributed by atoms with van der Waals surface area (Å²) in [5.41, 5.74) is 0.0848. The molecule has 1 aromatic carbocycles. The molecule has 3 aromatic rings. The van der Waals surface area contributed by atoms with E-state index in [1.165, 1.54) is 17.6 Å². The highest BCUT2D eigenvalue weighted by atomic mass is 32.1. The third-order valence-corrected chi connectivity index (χ3v) is 3.41. The van der Waals surface area contributed by atoms with Crippen molar-refractivity contribution in [2.45, 2.75) is 6.42 Å². The van der Waals surface area contributed by atoms with Gasteiger partial charge in [-0.15, -0.1) is 0 Å². The molecule has 0 aliphatic carbocycles. The summed E-state index contributed by atoms with van der Waals surface area (Å²) in [5, 5.41) is 1.28. The lowest BCUT2D eigenvalue weighted by molar-refractivity contribution is 0.200. The lowest BCUT2D eigenvalue weighted by Crippen LogP contribution is -1.96. The standard InChI is InChI=1S/C14H12N2O4S/c1-18-7-6-12-15-14(21-16-12)19-10-4-2-9-3-5-13(17)20-11(9)8-10/h2-5,8H,6-7H2,1H3. The van der Waals surface area contributed by atoms with Crippen LogP contribution in [-0.2, 0) is 11.2 Å². The second-order valence-corrected chi connectivity index (χ2v) is 4.99. The van der Waals surface area contributed by atoms with Gasteiger partial charge < -0.3 is 13.9 Å². The highest BCUT2D eigenvalue weighted by molar-refractivity contribution is 7.07. The Morgan fingerprint density at radius 1 is 1.29 bits per heavy atom. The van der Waals surface area contributed by atoms with Gasteiger partial charge in [-0.3, -0.25) is 0 Å². The first kappa shape index (κ1) is 13.7. The average molecular weight is 304 g/mol. The molecule has 0 N–H and O–H groups in total. The van der Waals surface area contributed by atoms with E-state index >= 15 is 0 Å². The molecule has 0 aliphatic rings. The number of aromatic nitrogens is 2. The monoisotopic (exact) mass is 304 g/mol. The Bertz CT molecular complexity index is 812. The van der Waals surface area contributed by atoms with E-state index in [-0.39, 0.29) is 0 Å². The smallest absolute Gasteiger partial charge is 0.336 e. The van der Waals surface area contributed by atoms with Crippen LogP contribution in [0.3, 0.4) is 0 Å². The molecule has 0 fully saturated rings. The Morgan fingerprint density at radius 3 is 3.00 bits per heavy atom. The predicted octanol–water partition coefficient (Wildman–Crippen LogP) is 2.63. The second-order valence-electron chi connectivity index (χ2n) is 4.28. The largest absolute Gasteiger partial charge is 0.430 e. The fourth-order valence-corrected chi connectivity index (χ4v) is 2.37. The van der Waals surface area contributed by atoms with E-state index in [2.05, 4.69) is 9.36 Å². The minimum absolute atomic E-state index is 0.391. The van der Waals surface area contributed by atoms with E-state index in [1.54, 1.807) is 25.3 Å². The van der Waals surface area contributed by atoms with Crippen molar-refractivity contribution in [3.63, 3.8) is 0 Å². The van der Waals surface area contributed by atoms with Crippen molar-refractivity contribution in [3.05, 3.63) is 46.6 Å². The van der Waals surface area contributed by atoms with Gasteiger partial charge in [0.05, 0.1) is 6.61 Å². The van der Waals surface area contributed by atoms with Crippen molar-refractivity contribution in [2.75, 3.05) is 13.7 Å². The molecule has 0 saturated carbocycles. The Balaban J connectivity index is 1.80. The molecule has 0 bridgehead atoms. The number of fused-ring (bicyclic) bond motifs is 1. The van der Waals surface area contributed by atoms with Crippen molar-refractivity contribution in [3.8, 4) is 10.9 Å². The van der Waals surface area contributed by atoms with Crippen molar-refractivity contribution in [2.24, 2.45) is 0 Å². The van der Waals surface area contributed by atoms with E-state index in [9.17, 15) is 4.79 Å². The molecule has 0 spiro atoms. The third kappa shape index (κ3) is 3.26. The molecule has 3 rings (SSSR count). The van der Waals surface area contributed by atoms with Gasteiger partial charge in [0.1, 0.15) is 17.2 Å². The number of hydrogen-bond acceptors (Lipinski definition) is 7. The van der Waals surface area contributed by atoms with Gasteiger partial charge in [-0.25, -0.2) is 4.79 Å². The van der Waals surface area contributed by atoms with E-state index in [4.69, 9.17) is 13.9 Å². The van der Waals surface area contributed by atoms with Crippen LogP contribution in [0.4, 0.5) is 0 Å². The van der Waals surface area contributed by atoms with Crippen LogP contribution >= 0.6 is 11.5 Å². The minimum atomic E-state index is -0.391. The quantitative estimate of drug-likeness (QED) is 0.675. The second kappa shape index (κ2) is 6.02. The summed E-state index contributed by atoms with van der Waals surface area (Å²) in [7, 11) is 1.63. The van der Waals surface area contributed by atoms with E-state index in [0.717, 1.165) is 5.39 Å². The first-order chi connectivity index (χ1) is 10.2. The Labute approximate surface area is 124 Å². The fourth-order valence-electron chi connectivity index (χ4n) is 1.78. The van der Waals surface area contributed by atoms with E-state index in [1.807, 2.05) is 6.07 Å². The van der Waals surface area contributed by atoms with Gasteiger partial charge in [-0.1, -0.05) is 0 Å². The van der Waals surface area contributed by atoms with Gasteiger partial charge in [0.15, 0.2) is 0 Å². The molecule has 2 aromatic heterocycles. The van der Waals surface area contributed by atoms with Gasteiger partial charge in [0, 0.05) is 42.6 Å². The van der Waals surface area contributed by atoms with Gasteiger partial charge in [0.2, 0.25) is 0 Å². The highest BCUT2D eigenvalue weighted by Crippen LogP contribution is 2.26.